The van der Waals surface area contributed by atoms with E-state index in [1.807, 2.05) is 0 Å². The second-order valence-electron chi connectivity index (χ2n) is 9.37. The Bertz CT molecular complexity index is 822. The number of hydrogen-bond acceptors (Lipinski definition) is 6. The summed E-state index contributed by atoms with van der Waals surface area (Å²) in [7, 11) is 0. The first-order valence-corrected chi connectivity index (χ1v) is 10.9. The van der Waals surface area contributed by atoms with Crippen molar-refractivity contribution in [3.05, 3.63) is 48.0 Å². The lowest BCUT2D eigenvalue weighted by molar-refractivity contribution is 0.240. The number of fused-ring (bicyclic) bond motifs is 3. The summed E-state index contributed by atoms with van der Waals surface area (Å²) >= 11 is 0. The number of rotatable bonds is 1. The SMILES string of the molecule is C[C@@]1(N)CNCCNC[C@]2(C)CN(CCNC1)C(c1ccc3ccccc3c1)N2. The molecule has 0 amide bonds. The van der Waals surface area contributed by atoms with Crippen LogP contribution in [0.3, 0.4) is 0 Å². The minimum absolute atomic E-state index is 0.0445. The molecule has 2 heterocycles. The zero-order valence-corrected chi connectivity index (χ0v) is 17.8. The van der Waals surface area contributed by atoms with Crippen LogP contribution < -0.4 is 27.0 Å². The van der Waals surface area contributed by atoms with Crippen LogP contribution >= 0.6 is 0 Å². The topological polar surface area (TPSA) is 77.4 Å². The molecule has 2 saturated heterocycles. The Labute approximate surface area is 174 Å². The minimum Gasteiger partial charge on any atom is -0.323 e. The highest BCUT2D eigenvalue weighted by atomic mass is 15.4. The third kappa shape index (κ3) is 5.15. The molecule has 2 unspecified atom stereocenters. The molecule has 0 aromatic heterocycles. The van der Waals surface area contributed by atoms with E-state index in [1.54, 1.807) is 0 Å². The van der Waals surface area contributed by atoms with Crippen LogP contribution in [0.15, 0.2) is 42.5 Å². The maximum atomic E-state index is 6.42. The zero-order valence-electron chi connectivity index (χ0n) is 17.8. The molecule has 0 aliphatic carbocycles. The molecule has 6 nitrogen and oxygen atoms in total. The minimum atomic E-state index is -0.236. The fourth-order valence-electron chi connectivity index (χ4n) is 4.57. The second-order valence-corrected chi connectivity index (χ2v) is 9.37. The Morgan fingerprint density at radius 1 is 0.897 bits per heavy atom. The van der Waals surface area contributed by atoms with Gasteiger partial charge < -0.3 is 21.7 Å². The summed E-state index contributed by atoms with van der Waals surface area (Å²) in [5, 5.41) is 17.2. The Morgan fingerprint density at radius 3 is 2.38 bits per heavy atom. The van der Waals surface area contributed by atoms with Crippen molar-refractivity contribution in [1.29, 1.82) is 0 Å². The first-order chi connectivity index (χ1) is 13.9. The van der Waals surface area contributed by atoms with Crippen LogP contribution in [0.4, 0.5) is 0 Å². The molecule has 4 atom stereocenters. The van der Waals surface area contributed by atoms with Crippen molar-refractivity contribution < 1.29 is 0 Å². The highest BCUT2D eigenvalue weighted by Gasteiger charge is 2.40. The van der Waals surface area contributed by atoms with E-state index < -0.39 is 0 Å². The first kappa shape index (κ1) is 20.7. The third-order valence-corrected chi connectivity index (χ3v) is 6.12. The van der Waals surface area contributed by atoms with Gasteiger partial charge in [0.2, 0.25) is 0 Å². The highest BCUT2D eigenvalue weighted by Crippen LogP contribution is 2.30. The molecule has 0 saturated carbocycles. The lowest BCUT2D eigenvalue weighted by Crippen LogP contribution is -2.55. The average Bonchev–Trinajstić information content (AvgIpc) is 3.04. The van der Waals surface area contributed by atoms with Gasteiger partial charge in [0.05, 0.1) is 6.17 Å². The fraction of sp³-hybridized carbons (Fsp3) is 0.565. The number of nitrogens with one attached hydrogen (secondary N) is 4. The molecule has 2 bridgehead atoms. The van der Waals surface area contributed by atoms with Gasteiger partial charge in [0.25, 0.3) is 0 Å². The molecule has 158 valence electrons. The van der Waals surface area contributed by atoms with Gasteiger partial charge in [-0.3, -0.25) is 10.2 Å². The maximum absolute atomic E-state index is 6.42. The van der Waals surface area contributed by atoms with Crippen LogP contribution in [0.5, 0.6) is 0 Å². The van der Waals surface area contributed by atoms with E-state index in [-0.39, 0.29) is 17.2 Å². The monoisotopic (exact) mass is 396 g/mol. The Balaban J connectivity index is 1.54. The first-order valence-electron chi connectivity index (χ1n) is 10.9. The molecule has 29 heavy (non-hydrogen) atoms. The van der Waals surface area contributed by atoms with Crippen molar-refractivity contribution in [2.45, 2.75) is 31.1 Å². The lowest BCUT2D eigenvalue weighted by Gasteiger charge is -2.28. The van der Waals surface area contributed by atoms with Crippen molar-refractivity contribution in [3.8, 4) is 0 Å². The summed E-state index contributed by atoms with van der Waals surface area (Å²) in [4.78, 5) is 2.57. The molecular weight excluding hydrogens is 360 g/mol. The highest BCUT2D eigenvalue weighted by molar-refractivity contribution is 5.83. The van der Waals surface area contributed by atoms with E-state index >= 15 is 0 Å². The van der Waals surface area contributed by atoms with Gasteiger partial charge in [0, 0.05) is 63.4 Å². The number of hydrogen-bond donors (Lipinski definition) is 5. The molecule has 2 aliphatic heterocycles. The largest absolute Gasteiger partial charge is 0.323 e. The standard InChI is InChI=1S/C23H36N6/c1-22(24)14-25-9-10-26-16-23(2)17-29(12-11-27-15-22)21(28-23)20-8-7-18-5-3-4-6-19(18)13-20/h3-8,13,21,25-28H,9-12,14-17,24H2,1-2H3/t21?,22-,23-/m1/s1. The van der Waals surface area contributed by atoms with E-state index in [0.717, 1.165) is 52.4 Å². The van der Waals surface area contributed by atoms with E-state index in [9.17, 15) is 0 Å². The second kappa shape index (κ2) is 8.68. The number of nitrogens with zero attached hydrogens (tertiary/aromatic N) is 1. The molecule has 2 aromatic carbocycles. The summed E-state index contributed by atoms with van der Waals surface area (Å²) in [6.07, 6.45) is 0.223. The van der Waals surface area contributed by atoms with Crippen LogP contribution in [0.2, 0.25) is 0 Å². The molecule has 4 rings (SSSR count). The summed E-state index contributed by atoms with van der Waals surface area (Å²) in [6.45, 7) is 11.8. The Kier molecular flexibility index (Phi) is 6.20. The van der Waals surface area contributed by atoms with Gasteiger partial charge in [-0.15, -0.1) is 0 Å². The predicted molar refractivity (Wildman–Crippen MR) is 121 cm³/mol. The van der Waals surface area contributed by atoms with Gasteiger partial charge in [-0.2, -0.15) is 0 Å². The summed E-state index contributed by atoms with van der Waals surface area (Å²) < 4.78 is 0. The fourth-order valence-corrected chi connectivity index (χ4v) is 4.57. The molecule has 0 radical (unpaired) electrons. The van der Waals surface area contributed by atoms with E-state index in [1.165, 1.54) is 16.3 Å². The van der Waals surface area contributed by atoms with Crippen molar-refractivity contribution in [2.24, 2.45) is 5.73 Å². The number of benzene rings is 2. The van der Waals surface area contributed by atoms with Crippen LogP contribution in [-0.2, 0) is 0 Å². The normalized spacial score (nSPS) is 34.7. The molecule has 6 N–H and O–H groups in total. The van der Waals surface area contributed by atoms with Gasteiger partial charge in [-0.25, -0.2) is 0 Å². The van der Waals surface area contributed by atoms with Crippen molar-refractivity contribution in [2.75, 3.05) is 52.4 Å². The zero-order chi connectivity index (χ0) is 20.3. The van der Waals surface area contributed by atoms with Gasteiger partial charge in [0.15, 0.2) is 0 Å². The van der Waals surface area contributed by atoms with Crippen LogP contribution in [0.25, 0.3) is 10.8 Å². The molecule has 2 aliphatic rings. The van der Waals surface area contributed by atoms with E-state index in [0.29, 0.717) is 0 Å². The van der Waals surface area contributed by atoms with Gasteiger partial charge >= 0.3 is 0 Å². The van der Waals surface area contributed by atoms with Gasteiger partial charge in [0.1, 0.15) is 0 Å². The Morgan fingerprint density at radius 2 is 1.59 bits per heavy atom. The van der Waals surface area contributed by atoms with Gasteiger partial charge in [-0.05, 0) is 36.2 Å². The molecule has 6 heteroatoms. The van der Waals surface area contributed by atoms with Gasteiger partial charge in [-0.1, -0.05) is 36.4 Å². The predicted octanol–water partition coefficient (Wildman–Crippen LogP) is 1.00. The van der Waals surface area contributed by atoms with E-state index in [2.05, 4.69) is 82.5 Å². The van der Waals surface area contributed by atoms with Crippen LogP contribution in [-0.4, -0.2) is 68.3 Å². The van der Waals surface area contributed by atoms with E-state index in [4.69, 9.17) is 5.73 Å². The average molecular weight is 397 g/mol. The Hall–Kier alpha value is -1.54. The summed E-state index contributed by atoms with van der Waals surface area (Å²) in [5.74, 6) is 0. The molecule has 2 fully saturated rings. The molecule has 0 spiro atoms. The molecule has 2 aromatic rings. The van der Waals surface area contributed by atoms with Crippen molar-refractivity contribution >= 4 is 10.8 Å². The number of nitrogens with two attached hydrogens (primary N) is 1. The van der Waals surface area contributed by atoms with Crippen molar-refractivity contribution in [1.82, 2.24) is 26.2 Å². The summed E-state index contributed by atoms with van der Waals surface area (Å²) in [5.41, 5.74) is 7.57. The third-order valence-electron chi connectivity index (χ3n) is 6.12. The smallest absolute Gasteiger partial charge is 0.0867 e. The van der Waals surface area contributed by atoms with Crippen LogP contribution in [0.1, 0.15) is 25.6 Å². The summed E-state index contributed by atoms with van der Waals surface area (Å²) in [6, 6.07) is 15.4. The maximum Gasteiger partial charge on any atom is 0.0867 e. The quantitative estimate of drug-likeness (QED) is 0.495. The lowest BCUT2D eigenvalue weighted by atomic mass is 10.0. The molecular formula is C23H36N6. The van der Waals surface area contributed by atoms with Crippen molar-refractivity contribution in [3.63, 3.8) is 0 Å². The van der Waals surface area contributed by atoms with Crippen LogP contribution in [0, 0.1) is 0 Å².